The van der Waals surface area contributed by atoms with Gasteiger partial charge < -0.3 is 9.47 Å². The van der Waals surface area contributed by atoms with Gasteiger partial charge in [-0.05, 0) is 56.7 Å². The number of allylic oxidation sites excluding steroid dienone is 1. The maximum atomic E-state index is 6.69. The van der Waals surface area contributed by atoms with Gasteiger partial charge in [0.25, 0.3) is 0 Å². The lowest BCUT2D eigenvalue weighted by molar-refractivity contribution is -0.137. The van der Waals surface area contributed by atoms with Crippen molar-refractivity contribution in [3.63, 3.8) is 0 Å². The van der Waals surface area contributed by atoms with Gasteiger partial charge >= 0.3 is 5.53 Å². The average Bonchev–Trinajstić information content (AvgIpc) is 2.82. The van der Waals surface area contributed by atoms with E-state index >= 15 is 0 Å². The molecule has 0 aliphatic rings. The highest BCUT2D eigenvalue weighted by atomic mass is 31.2. The van der Waals surface area contributed by atoms with Crippen LogP contribution in [0.4, 0.5) is 0 Å². The lowest BCUT2D eigenvalue weighted by Crippen LogP contribution is -2.50. The summed E-state index contributed by atoms with van der Waals surface area (Å²) >= 11 is 0. The fourth-order valence-electron chi connectivity index (χ4n) is 4.20. The van der Waals surface area contributed by atoms with Crippen molar-refractivity contribution >= 4 is 23.2 Å². The lowest BCUT2D eigenvalue weighted by atomic mass is 10.3. The number of benzene rings is 3. The van der Waals surface area contributed by atoms with Gasteiger partial charge in [0.2, 0.25) is 0 Å². The molecule has 0 bridgehead atoms. The number of ether oxygens (including phenoxy) is 2. The summed E-state index contributed by atoms with van der Waals surface area (Å²) in [5.74, 6) is 0. The Morgan fingerprint density at radius 3 is 1.35 bits per heavy atom. The van der Waals surface area contributed by atoms with E-state index in [2.05, 4.69) is 124 Å². The third kappa shape index (κ3) is 4.67. The van der Waals surface area contributed by atoms with Gasteiger partial charge in [0.1, 0.15) is 15.9 Å². The predicted octanol–water partition coefficient (Wildman–Crippen LogP) is 6.06. The molecule has 162 valence electrons. The molecule has 31 heavy (non-hydrogen) atoms. The molecule has 0 aromatic heterocycles. The molecule has 0 aliphatic carbocycles. The van der Waals surface area contributed by atoms with E-state index in [1.807, 2.05) is 0 Å². The van der Waals surface area contributed by atoms with E-state index in [4.69, 9.17) is 9.47 Å². The Morgan fingerprint density at radius 1 is 0.645 bits per heavy atom. The molecule has 0 atom stereocenters. The molecule has 3 aromatic carbocycles. The van der Waals surface area contributed by atoms with Crippen LogP contribution in [0.1, 0.15) is 33.6 Å². The molecule has 0 fully saturated rings. The van der Waals surface area contributed by atoms with Gasteiger partial charge in [-0.25, -0.2) is 0 Å². The van der Waals surface area contributed by atoms with Crippen LogP contribution >= 0.6 is 7.26 Å². The van der Waals surface area contributed by atoms with Crippen molar-refractivity contribution in [2.45, 2.75) is 39.1 Å². The van der Waals surface area contributed by atoms with Gasteiger partial charge in [0.15, 0.2) is 7.26 Å². The van der Waals surface area contributed by atoms with E-state index in [1.54, 1.807) is 0 Å². The Labute approximate surface area is 188 Å². The van der Waals surface area contributed by atoms with Crippen LogP contribution in [0.15, 0.2) is 103 Å². The highest BCUT2D eigenvalue weighted by Gasteiger charge is 2.64. The topological polar surface area (TPSA) is 18.5 Å². The number of rotatable bonds is 11. The van der Waals surface area contributed by atoms with Crippen molar-refractivity contribution in [3.8, 4) is 0 Å². The van der Waals surface area contributed by atoms with Crippen LogP contribution < -0.4 is 15.9 Å². The number of hydrogen-bond donors (Lipinski definition) is 0. The van der Waals surface area contributed by atoms with Crippen LogP contribution in [0.25, 0.3) is 0 Å². The number of unbranched alkanes of at least 4 members (excludes halogenated alkanes) is 1. The third-order valence-electron chi connectivity index (χ3n) is 5.38. The summed E-state index contributed by atoms with van der Waals surface area (Å²) in [6, 6.07) is 32.3. The highest BCUT2D eigenvalue weighted by molar-refractivity contribution is 7.96. The summed E-state index contributed by atoms with van der Waals surface area (Å²) in [7, 11) is -2.40. The van der Waals surface area contributed by atoms with Gasteiger partial charge in [-0.15, -0.1) is 0 Å². The maximum Gasteiger partial charge on any atom is 0.318 e. The number of hydrogen-bond acceptors (Lipinski definition) is 2. The summed E-state index contributed by atoms with van der Waals surface area (Å²) in [6.07, 6.45) is 6.50. The molecule has 0 N–H and O–H groups in total. The van der Waals surface area contributed by atoms with Crippen LogP contribution in [-0.2, 0) is 9.47 Å². The predicted molar refractivity (Wildman–Crippen MR) is 135 cm³/mol. The Bertz CT molecular complexity index is 820. The summed E-state index contributed by atoms with van der Waals surface area (Å²) < 4.78 is 13.4. The minimum atomic E-state index is -2.40. The molecular weight excluding hydrogens is 399 g/mol. The van der Waals surface area contributed by atoms with Crippen molar-refractivity contribution in [2.75, 3.05) is 13.2 Å². The summed E-state index contributed by atoms with van der Waals surface area (Å²) in [5.41, 5.74) is -0.893. The fourth-order valence-corrected chi connectivity index (χ4v) is 9.00. The van der Waals surface area contributed by atoms with E-state index < -0.39 is 12.8 Å². The van der Waals surface area contributed by atoms with Gasteiger partial charge in [0, 0.05) is 6.08 Å². The average molecular weight is 434 g/mol. The molecule has 0 unspecified atom stereocenters. The molecule has 3 heteroatoms. The minimum Gasteiger partial charge on any atom is -0.315 e. The van der Waals surface area contributed by atoms with Crippen LogP contribution in [0.3, 0.4) is 0 Å². The van der Waals surface area contributed by atoms with E-state index in [-0.39, 0.29) is 0 Å². The summed E-state index contributed by atoms with van der Waals surface area (Å²) in [6.45, 7) is 7.42. The molecule has 0 spiro atoms. The second-order valence-corrected chi connectivity index (χ2v) is 10.9. The quantitative estimate of drug-likeness (QED) is 0.208. The second-order valence-electron chi connectivity index (χ2n) is 7.37. The second kappa shape index (κ2) is 11.4. The molecule has 0 aliphatic heterocycles. The van der Waals surface area contributed by atoms with Gasteiger partial charge in [-0.1, -0.05) is 74.0 Å². The van der Waals surface area contributed by atoms with E-state index in [0.29, 0.717) is 13.2 Å². The van der Waals surface area contributed by atoms with Crippen LogP contribution in [0.5, 0.6) is 0 Å². The first-order chi connectivity index (χ1) is 15.2. The monoisotopic (exact) mass is 433 g/mol. The normalized spacial score (nSPS) is 12.4. The largest absolute Gasteiger partial charge is 0.318 e. The first kappa shape index (κ1) is 23.4. The molecule has 0 saturated carbocycles. The minimum absolute atomic E-state index is 0.560. The van der Waals surface area contributed by atoms with Crippen molar-refractivity contribution in [1.82, 2.24) is 0 Å². The van der Waals surface area contributed by atoms with Crippen molar-refractivity contribution in [1.29, 1.82) is 0 Å². The van der Waals surface area contributed by atoms with Gasteiger partial charge in [-0.3, -0.25) is 0 Å². The van der Waals surface area contributed by atoms with Crippen LogP contribution in [0.2, 0.25) is 0 Å². The van der Waals surface area contributed by atoms with Crippen molar-refractivity contribution in [2.24, 2.45) is 0 Å². The van der Waals surface area contributed by atoms with Crippen LogP contribution in [-0.4, -0.2) is 18.7 Å². The SMILES string of the molecule is CCC/C=C\C(OCC)(OCC)[P+](c1ccccc1)(c1ccccc1)c1ccccc1. The van der Waals surface area contributed by atoms with E-state index in [1.165, 1.54) is 15.9 Å². The van der Waals surface area contributed by atoms with Crippen molar-refractivity contribution in [3.05, 3.63) is 103 Å². The van der Waals surface area contributed by atoms with Crippen LogP contribution in [0, 0.1) is 0 Å². The maximum absolute atomic E-state index is 6.69. The first-order valence-electron chi connectivity index (χ1n) is 11.3. The lowest BCUT2D eigenvalue weighted by Gasteiger charge is -2.41. The zero-order chi connectivity index (χ0) is 22.0. The highest BCUT2D eigenvalue weighted by Crippen LogP contribution is 2.67. The molecule has 2 nitrogen and oxygen atoms in total. The molecule has 3 aromatic rings. The molecule has 0 saturated heterocycles. The third-order valence-corrected chi connectivity index (χ3v) is 9.94. The Morgan fingerprint density at radius 2 is 1.03 bits per heavy atom. The molecule has 3 rings (SSSR count). The van der Waals surface area contributed by atoms with E-state index in [9.17, 15) is 0 Å². The fraction of sp³-hybridized carbons (Fsp3) is 0.286. The summed E-state index contributed by atoms with van der Waals surface area (Å²) in [5, 5.41) is 3.74. The van der Waals surface area contributed by atoms with Crippen molar-refractivity contribution < 1.29 is 9.47 Å². The van der Waals surface area contributed by atoms with Gasteiger partial charge in [0.05, 0.1) is 13.2 Å². The first-order valence-corrected chi connectivity index (χ1v) is 13.1. The van der Waals surface area contributed by atoms with E-state index in [0.717, 1.165) is 12.8 Å². The molecule has 0 radical (unpaired) electrons. The smallest absolute Gasteiger partial charge is 0.315 e. The van der Waals surface area contributed by atoms with Gasteiger partial charge in [-0.2, -0.15) is 0 Å². The molecular formula is C28H34O2P+. The molecule has 0 heterocycles. The zero-order valence-corrected chi connectivity index (χ0v) is 19.8. The Hall–Kier alpha value is -2.25. The summed E-state index contributed by atoms with van der Waals surface area (Å²) in [4.78, 5) is 0. The Balaban J connectivity index is 2.47. The zero-order valence-electron chi connectivity index (χ0n) is 18.9. The molecule has 0 amide bonds. The standard InChI is InChI=1S/C28H34O2P/c1-4-7-17-24-28(29-5-2,30-6-3)31(25-18-11-8-12-19-25,26-20-13-9-14-21-26)27-22-15-10-16-23-27/h8-24H,4-7H2,1-3H3/q+1/b24-17-. The Kier molecular flexibility index (Phi) is 8.60.